The van der Waals surface area contributed by atoms with E-state index < -0.39 is 0 Å². The average Bonchev–Trinajstić information content (AvgIpc) is 3.94. The number of fused-ring (bicyclic) bond motifs is 6. The first kappa shape index (κ1) is 39.3. The standard InChI is InChI=1S/C65H43N3/c1-5-18-44(19-6-1)51-36-52(45-20-7-2-8-21-45)39-55(38-51)68-63-31-16-14-29-57(63)59-40-48(33-35-64(59)68)49-32-34-58-56-28-13-15-30-62(56)67(65(58)43-49)54-27-17-26-50(37-54)61-42-53(46-22-9-3-10-23-46)41-60(66-61)47-24-11-4-12-25-47/h1-43H. The molecule has 0 aliphatic carbocycles. The highest BCUT2D eigenvalue weighted by Gasteiger charge is 2.18. The third-order valence-corrected chi connectivity index (χ3v) is 13.5. The molecule has 0 bridgehead atoms. The van der Waals surface area contributed by atoms with E-state index in [9.17, 15) is 0 Å². The molecule has 0 spiro atoms. The molecule has 0 unspecified atom stereocenters. The molecule has 3 heteroatoms. The highest BCUT2D eigenvalue weighted by molar-refractivity contribution is 6.12. The zero-order valence-electron chi connectivity index (χ0n) is 37.2. The number of hydrogen-bond donors (Lipinski definition) is 0. The van der Waals surface area contributed by atoms with Crippen LogP contribution in [0.2, 0.25) is 0 Å². The zero-order chi connectivity index (χ0) is 45.0. The van der Waals surface area contributed by atoms with Crippen molar-refractivity contribution in [1.29, 1.82) is 0 Å². The third kappa shape index (κ3) is 6.88. The van der Waals surface area contributed by atoms with E-state index in [2.05, 4.69) is 270 Å². The zero-order valence-corrected chi connectivity index (χ0v) is 37.2. The molecule has 0 aliphatic rings. The summed E-state index contributed by atoms with van der Waals surface area (Å²) in [7, 11) is 0. The maximum atomic E-state index is 5.29. The van der Waals surface area contributed by atoms with Gasteiger partial charge in [0.1, 0.15) is 0 Å². The minimum absolute atomic E-state index is 0.934. The van der Waals surface area contributed by atoms with Crippen molar-refractivity contribution in [2.75, 3.05) is 0 Å². The summed E-state index contributed by atoms with van der Waals surface area (Å²) < 4.78 is 4.86. The minimum atomic E-state index is 0.934. The second-order valence-electron chi connectivity index (χ2n) is 17.6. The lowest BCUT2D eigenvalue weighted by molar-refractivity contribution is 1.18. The molecule has 0 N–H and O–H groups in total. The lowest BCUT2D eigenvalue weighted by Crippen LogP contribution is -1.96. The Morgan fingerprint density at radius 2 is 0.632 bits per heavy atom. The normalized spacial score (nSPS) is 11.5. The van der Waals surface area contributed by atoms with E-state index in [4.69, 9.17) is 4.98 Å². The fraction of sp³-hybridized carbons (Fsp3) is 0. The monoisotopic (exact) mass is 865 g/mol. The SMILES string of the molecule is c1ccc(-c2cc(-c3ccccc3)cc(-n3c4ccccc4c4cc(-c5ccc6c7ccccc7n(-c7cccc(-c8cc(-c9ccccc9)cc(-c9ccccc9)n8)c7)c6c5)ccc43)c2)cc1. The molecule has 0 atom stereocenters. The first-order valence-corrected chi connectivity index (χ1v) is 23.3. The Kier molecular flexibility index (Phi) is 9.50. The number of nitrogens with zero attached hydrogens (tertiary/aromatic N) is 3. The van der Waals surface area contributed by atoms with Gasteiger partial charge in [0.05, 0.1) is 33.5 Å². The van der Waals surface area contributed by atoms with E-state index in [0.717, 1.165) is 50.5 Å². The first-order chi connectivity index (χ1) is 33.7. The minimum Gasteiger partial charge on any atom is -0.309 e. The van der Waals surface area contributed by atoms with Gasteiger partial charge in [0.15, 0.2) is 0 Å². The summed E-state index contributed by atoms with van der Waals surface area (Å²) >= 11 is 0. The van der Waals surface area contributed by atoms with Crippen molar-refractivity contribution in [2.24, 2.45) is 0 Å². The summed E-state index contributed by atoms with van der Waals surface area (Å²) in [6.45, 7) is 0. The summed E-state index contributed by atoms with van der Waals surface area (Å²) in [4.78, 5) is 5.29. The predicted octanol–water partition coefficient (Wildman–Crippen LogP) is 17.3. The number of para-hydroxylation sites is 2. The van der Waals surface area contributed by atoms with Gasteiger partial charge in [0, 0.05) is 44.0 Å². The summed E-state index contributed by atoms with van der Waals surface area (Å²) in [5.74, 6) is 0. The highest BCUT2D eigenvalue weighted by atomic mass is 15.0. The number of rotatable bonds is 8. The van der Waals surface area contributed by atoms with Crippen LogP contribution >= 0.6 is 0 Å². The predicted molar refractivity (Wildman–Crippen MR) is 286 cm³/mol. The molecule has 68 heavy (non-hydrogen) atoms. The average molecular weight is 866 g/mol. The van der Waals surface area contributed by atoms with Crippen LogP contribution in [-0.2, 0) is 0 Å². The molecule has 0 saturated heterocycles. The molecule has 13 rings (SSSR count). The quantitative estimate of drug-likeness (QED) is 0.149. The Morgan fingerprint density at radius 1 is 0.206 bits per heavy atom. The number of pyridine rings is 1. The van der Waals surface area contributed by atoms with Crippen LogP contribution in [0.25, 0.3) is 122 Å². The molecule has 0 aliphatic heterocycles. The maximum Gasteiger partial charge on any atom is 0.0716 e. The molecule has 0 radical (unpaired) electrons. The van der Waals surface area contributed by atoms with Crippen LogP contribution in [0.5, 0.6) is 0 Å². The molecule has 13 aromatic rings. The molecule has 3 aromatic heterocycles. The largest absolute Gasteiger partial charge is 0.309 e. The lowest BCUT2D eigenvalue weighted by Gasteiger charge is -2.14. The van der Waals surface area contributed by atoms with Crippen LogP contribution in [0.4, 0.5) is 0 Å². The Hall–Kier alpha value is -9.05. The van der Waals surface area contributed by atoms with Gasteiger partial charge in [-0.1, -0.05) is 188 Å². The lowest BCUT2D eigenvalue weighted by atomic mass is 9.98. The van der Waals surface area contributed by atoms with Crippen LogP contribution < -0.4 is 0 Å². The number of hydrogen-bond acceptors (Lipinski definition) is 1. The van der Waals surface area contributed by atoms with Gasteiger partial charge in [-0.25, -0.2) is 4.98 Å². The molecule has 10 aromatic carbocycles. The van der Waals surface area contributed by atoms with E-state index in [1.54, 1.807) is 0 Å². The Labute approximate surface area is 395 Å². The van der Waals surface area contributed by atoms with Gasteiger partial charge in [-0.2, -0.15) is 0 Å². The van der Waals surface area contributed by atoms with Gasteiger partial charge in [-0.15, -0.1) is 0 Å². The molecule has 0 saturated carbocycles. The molecular weight excluding hydrogens is 823 g/mol. The van der Waals surface area contributed by atoms with E-state index >= 15 is 0 Å². The van der Waals surface area contributed by atoms with Crippen molar-refractivity contribution in [1.82, 2.24) is 14.1 Å². The van der Waals surface area contributed by atoms with E-state index in [-0.39, 0.29) is 0 Å². The van der Waals surface area contributed by atoms with Gasteiger partial charge in [-0.05, 0) is 117 Å². The number of aromatic nitrogens is 3. The molecule has 3 heterocycles. The molecule has 318 valence electrons. The van der Waals surface area contributed by atoms with Crippen molar-refractivity contribution < 1.29 is 0 Å². The maximum absolute atomic E-state index is 5.29. The van der Waals surface area contributed by atoms with Gasteiger partial charge in [0.25, 0.3) is 0 Å². The van der Waals surface area contributed by atoms with Crippen LogP contribution in [0.15, 0.2) is 261 Å². The van der Waals surface area contributed by atoms with Crippen molar-refractivity contribution in [3.05, 3.63) is 261 Å². The summed E-state index contributed by atoms with van der Waals surface area (Å²) in [5, 5.41) is 4.89. The van der Waals surface area contributed by atoms with E-state index in [1.165, 1.54) is 71.5 Å². The highest BCUT2D eigenvalue weighted by Crippen LogP contribution is 2.40. The van der Waals surface area contributed by atoms with Crippen LogP contribution in [0, 0.1) is 0 Å². The first-order valence-electron chi connectivity index (χ1n) is 23.3. The summed E-state index contributed by atoms with van der Waals surface area (Å²) in [6.07, 6.45) is 0. The van der Waals surface area contributed by atoms with Crippen molar-refractivity contribution in [2.45, 2.75) is 0 Å². The van der Waals surface area contributed by atoms with Gasteiger partial charge < -0.3 is 9.13 Å². The molecule has 0 amide bonds. The van der Waals surface area contributed by atoms with Crippen molar-refractivity contribution >= 4 is 43.6 Å². The molecule has 0 fully saturated rings. The van der Waals surface area contributed by atoms with Gasteiger partial charge >= 0.3 is 0 Å². The van der Waals surface area contributed by atoms with Crippen molar-refractivity contribution in [3.8, 4) is 78.4 Å². The smallest absolute Gasteiger partial charge is 0.0716 e. The second kappa shape index (κ2) is 16.4. The Bertz CT molecular complexity index is 3880. The van der Waals surface area contributed by atoms with Crippen LogP contribution in [-0.4, -0.2) is 14.1 Å². The summed E-state index contributed by atoms with van der Waals surface area (Å²) in [6, 6.07) is 94.3. The second-order valence-corrected chi connectivity index (χ2v) is 17.6. The fourth-order valence-corrected chi connectivity index (χ4v) is 10.2. The molecule has 3 nitrogen and oxygen atoms in total. The summed E-state index contributed by atoms with van der Waals surface area (Å²) in [5.41, 5.74) is 20.3. The third-order valence-electron chi connectivity index (χ3n) is 13.5. The Balaban J connectivity index is 0.954. The Morgan fingerprint density at radius 3 is 1.25 bits per heavy atom. The van der Waals surface area contributed by atoms with Gasteiger partial charge in [0.2, 0.25) is 0 Å². The van der Waals surface area contributed by atoms with Crippen LogP contribution in [0.3, 0.4) is 0 Å². The fourth-order valence-electron chi connectivity index (χ4n) is 10.2. The van der Waals surface area contributed by atoms with Gasteiger partial charge in [-0.3, -0.25) is 0 Å². The molecular formula is C65H43N3. The van der Waals surface area contributed by atoms with E-state index in [1.807, 2.05) is 0 Å². The van der Waals surface area contributed by atoms with Crippen LogP contribution in [0.1, 0.15) is 0 Å². The number of benzene rings is 10. The topological polar surface area (TPSA) is 22.8 Å². The van der Waals surface area contributed by atoms with Crippen molar-refractivity contribution in [3.63, 3.8) is 0 Å². The van der Waals surface area contributed by atoms with E-state index in [0.29, 0.717) is 0 Å².